The first-order valence-electron chi connectivity index (χ1n) is 9.20. The van der Waals surface area contributed by atoms with Gasteiger partial charge >= 0.3 is 6.03 Å². The average Bonchev–Trinajstić information content (AvgIpc) is 2.70. The Labute approximate surface area is 158 Å². The maximum absolute atomic E-state index is 13.0. The van der Waals surface area contributed by atoms with E-state index in [0.29, 0.717) is 18.8 Å². The number of urea groups is 1. The second-order valence-electron chi connectivity index (χ2n) is 6.91. The van der Waals surface area contributed by atoms with Gasteiger partial charge in [-0.1, -0.05) is 25.1 Å². The van der Waals surface area contributed by atoms with Crippen LogP contribution in [-0.2, 0) is 4.79 Å². The summed E-state index contributed by atoms with van der Waals surface area (Å²) in [5, 5.41) is 5.73. The molecule has 2 aromatic rings. The number of piperidine rings is 1. The number of hydrogen-bond donors (Lipinski definition) is 2. The van der Waals surface area contributed by atoms with E-state index < -0.39 is 0 Å². The van der Waals surface area contributed by atoms with Crippen LogP contribution >= 0.6 is 0 Å². The van der Waals surface area contributed by atoms with E-state index in [1.54, 1.807) is 17.0 Å². The predicted molar refractivity (Wildman–Crippen MR) is 104 cm³/mol. The van der Waals surface area contributed by atoms with Crippen molar-refractivity contribution in [2.45, 2.75) is 19.8 Å². The quantitative estimate of drug-likeness (QED) is 0.842. The van der Waals surface area contributed by atoms with Crippen LogP contribution in [-0.4, -0.2) is 29.9 Å². The van der Waals surface area contributed by atoms with Gasteiger partial charge in [-0.3, -0.25) is 4.79 Å². The van der Waals surface area contributed by atoms with Crippen LogP contribution in [0.15, 0.2) is 54.6 Å². The van der Waals surface area contributed by atoms with Gasteiger partial charge in [0.25, 0.3) is 0 Å². The van der Waals surface area contributed by atoms with Crippen molar-refractivity contribution in [3.05, 3.63) is 60.4 Å². The number of anilines is 2. The molecule has 3 amide bonds. The highest BCUT2D eigenvalue weighted by atomic mass is 19.1. The molecule has 0 radical (unpaired) electrons. The molecule has 0 bridgehead atoms. The highest BCUT2D eigenvalue weighted by molar-refractivity contribution is 5.92. The molecule has 27 heavy (non-hydrogen) atoms. The van der Waals surface area contributed by atoms with Gasteiger partial charge < -0.3 is 15.5 Å². The Morgan fingerprint density at radius 2 is 1.56 bits per heavy atom. The Hall–Kier alpha value is -2.89. The number of para-hydroxylation sites is 1. The molecular formula is C21H24FN3O2. The number of likely N-dealkylation sites (tertiary alicyclic amines) is 1. The van der Waals surface area contributed by atoms with Crippen LogP contribution < -0.4 is 10.6 Å². The highest BCUT2D eigenvalue weighted by Gasteiger charge is 2.29. The third-order valence-corrected chi connectivity index (χ3v) is 5.08. The van der Waals surface area contributed by atoms with E-state index in [4.69, 9.17) is 0 Å². The summed E-state index contributed by atoms with van der Waals surface area (Å²) in [4.78, 5) is 26.6. The third-order valence-electron chi connectivity index (χ3n) is 5.08. The summed E-state index contributed by atoms with van der Waals surface area (Å²) in [6.07, 6.45) is 1.56. The molecule has 0 saturated carbocycles. The number of rotatable bonds is 4. The molecule has 2 aromatic carbocycles. The molecule has 1 atom stereocenters. The molecule has 1 heterocycles. The number of hydrogen-bond acceptors (Lipinski definition) is 2. The lowest BCUT2D eigenvalue weighted by molar-refractivity contribution is -0.121. The fourth-order valence-corrected chi connectivity index (χ4v) is 3.33. The van der Waals surface area contributed by atoms with Crippen molar-refractivity contribution in [3.8, 4) is 0 Å². The van der Waals surface area contributed by atoms with Gasteiger partial charge in [0.1, 0.15) is 5.82 Å². The second-order valence-corrected chi connectivity index (χ2v) is 6.91. The van der Waals surface area contributed by atoms with Crippen molar-refractivity contribution in [2.75, 3.05) is 23.7 Å². The number of nitrogens with one attached hydrogen (secondary N) is 2. The maximum Gasteiger partial charge on any atom is 0.321 e. The van der Waals surface area contributed by atoms with Crippen molar-refractivity contribution in [3.63, 3.8) is 0 Å². The standard InChI is InChI=1S/C21H24FN3O2/c1-15(20(26)23-19-9-7-17(22)8-10-19)16-11-13-25(14-12-16)21(27)24-18-5-3-2-4-6-18/h2-10,15-16H,11-14H2,1H3,(H,23,26)(H,24,27). The summed E-state index contributed by atoms with van der Waals surface area (Å²) in [5.74, 6) is -0.364. The highest BCUT2D eigenvalue weighted by Crippen LogP contribution is 2.26. The number of amides is 3. The largest absolute Gasteiger partial charge is 0.326 e. The van der Waals surface area contributed by atoms with Crippen LogP contribution in [0.5, 0.6) is 0 Å². The lowest BCUT2D eigenvalue weighted by Gasteiger charge is -2.34. The van der Waals surface area contributed by atoms with Gasteiger partial charge in [-0.25, -0.2) is 9.18 Å². The van der Waals surface area contributed by atoms with Gasteiger partial charge in [0.15, 0.2) is 0 Å². The summed E-state index contributed by atoms with van der Waals surface area (Å²) < 4.78 is 13.0. The first kappa shape index (κ1) is 18.9. The Morgan fingerprint density at radius 3 is 2.19 bits per heavy atom. The number of nitrogens with zero attached hydrogens (tertiary/aromatic N) is 1. The molecule has 1 aliphatic heterocycles. The van der Waals surface area contributed by atoms with E-state index in [-0.39, 0.29) is 29.6 Å². The van der Waals surface area contributed by atoms with Crippen molar-refractivity contribution >= 4 is 23.3 Å². The van der Waals surface area contributed by atoms with E-state index in [0.717, 1.165) is 18.5 Å². The minimum Gasteiger partial charge on any atom is -0.326 e. The summed E-state index contributed by atoms with van der Waals surface area (Å²) in [7, 11) is 0. The molecule has 5 nitrogen and oxygen atoms in total. The maximum atomic E-state index is 13.0. The SMILES string of the molecule is CC(C(=O)Nc1ccc(F)cc1)C1CCN(C(=O)Nc2ccccc2)CC1. The molecule has 142 valence electrons. The minimum atomic E-state index is -0.331. The Kier molecular flexibility index (Phi) is 6.06. The van der Waals surface area contributed by atoms with Crippen LogP contribution in [0.4, 0.5) is 20.6 Å². The Bertz CT molecular complexity index is 772. The lowest BCUT2D eigenvalue weighted by atomic mass is 9.85. The van der Waals surface area contributed by atoms with Gasteiger partial charge in [-0.2, -0.15) is 0 Å². The number of carbonyl (C=O) groups excluding carboxylic acids is 2. The second kappa shape index (κ2) is 8.66. The Morgan fingerprint density at radius 1 is 0.963 bits per heavy atom. The fraction of sp³-hybridized carbons (Fsp3) is 0.333. The predicted octanol–water partition coefficient (Wildman–Crippen LogP) is 4.34. The van der Waals surface area contributed by atoms with Crippen LogP contribution in [0.2, 0.25) is 0 Å². The van der Waals surface area contributed by atoms with Gasteiger partial charge in [0.05, 0.1) is 0 Å². The first-order valence-corrected chi connectivity index (χ1v) is 9.20. The summed E-state index contributed by atoms with van der Waals surface area (Å²) >= 11 is 0. The van der Waals surface area contributed by atoms with E-state index in [1.807, 2.05) is 37.3 Å². The van der Waals surface area contributed by atoms with E-state index in [2.05, 4.69) is 10.6 Å². The van der Waals surface area contributed by atoms with Gasteiger partial charge in [-0.05, 0) is 55.2 Å². The summed E-state index contributed by atoms with van der Waals surface area (Å²) in [5.41, 5.74) is 1.37. The molecule has 0 aromatic heterocycles. The topological polar surface area (TPSA) is 61.4 Å². The van der Waals surface area contributed by atoms with E-state index in [9.17, 15) is 14.0 Å². The first-order chi connectivity index (χ1) is 13.0. The smallest absolute Gasteiger partial charge is 0.321 e. The lowest BCUT2D eigenvalue weighted by Crippen LogP contribution is -2.43. The molecule has 2 N–H and O–H groups in total. The van der Waals surface area contributed by atoms with Gasteiger partial charge in [-0.15, -0.1) is 0 Å². The molecule has 0 aliphatic carbocycles. The van der Waals surface area contributed by atoms with Crippen LogP contribution in [0.25, 0.3) is 0 Å². The average molecular weight is 369 g/mol. The Balaban J connectivity index is 1.48. The molecule has 3 rings (SSSR count). The van der Waals surface area contributed by atoms with Gasteiger partial charge in [0.2, 0.25) is 5.91 Å². The van der Waals surface area contributed by atoms with Crippen molar-refractivity contribution in [1.29, 1.82) is 0 Å². The van der Waals surface area contributed by atoms with Crippen molar-refractivity contribution in [1.82, 2.24) is 4.90 Å². The van der Waals surface area contributed by atoms with Gasteiger partial charge in [0, 0.05) is 30.4 Å². The molecule has 1 unspecified atom stereocenters. The van der Waals surface area contributed by atoms with Crippen molar-refractivity contribution < 1.29 is 14.0 Å². The molecule has 1 fully saturated rings. The molecular weight excluding hydrogens is 345 g/mol. The number of halogens is 1. The van der Waals surface area contributed by atoms with Crippen LogP contribution in [0.3, 0.4) is 0 Å². The normalized spacial score (nSPS) is 15.9. The number of carbonyl (C=O) groups is 2. The monoisotopic (exact) mass is 369 g/mol. The molecule has 6 heteroatoms. The summed E-state index contributed by atoms with van der Waals surface area (Å²) in [6.45, 7) is 3.15. The van der Waals surface area contributed by atoms with Crippen molar-refractivity contribution in [2.24, 2.45) is 11.8 Å². The van der Waals surface area contributed by atoms with Crippen LogP contribution in [0.1, 0.15) is 19.8 Å². The van der Waals surface area contributed by atoms with E-state index in [1.165, 1.54) is 12.1 Å². The zero-order valence-corrected chi connectivity index (χ0v) is 15.3. The summed E-state index contributed by atoms with van der Waals surface area (Å²) in [6, 6.07) is 15.0. The minimum absolute atomic E-state index is 0.0752. The molecule has 1 saturated heterocycles. The number of benzene rings is 2. The zero-order chi connectivity index (χ0) is 19.2. The molecule has 1 aliphatic rings. The van der Waals surface area contributed by atoms with E-state index >= 15 is 0 Å². The van der Waals surface area contributed by atoms with Crippen LogP contribution in [0, 0.1) is 17.7 Å². The zero-order valence-electron chi connectivity index (χ0n) is 15.3. The fourth-order valence-electron chi connectivity index (χ4n) is 3.33. The third kappa shape index (κ3) is 5.06. The molecule has 0 spiro atoms.